The molecule has 134 valence electrons. The van der Waals surface area contributed by atoms with Gasteiger partial charge in [0.1, 0.15) is 5.76 Å². The van der Waals surface area contributed by atoms with Gasteiger partial charge in [-0.05, 0) is 19.1 Å². The van der Waals surface area contributed by atoms with Crippen LogP contribution in [0.3, 0.4) is 0 Å². The number of nitrogens with zero attached hydrogens (tertiary/aromatic N) is 3. The first-order chi connectivity index (χ1) is 12.7. The highest BCUT2D eigenvalue weighted by molar-refractivity contribution is 5.93. The number of aryl methyl sites for hydroxylation is 1. The Morgan fingerprint density at radius 3 is 2.58 bits per heavy atom. The van der Waals surface area contributed by atoms with Crippen molar-refractivity contribution in [3.63, 3.8) is 0 Å². The molecule has 0 bridgehead atoms. The van der Waals surface area contributed by atoms with E-state index < -0.39 is 0 Å². The van der Waals surface area contributed by atoms with Gasteiger partial charge in [0, 0.05) is 37.8 Å². The van der Waals surface area contributed by atoms with Gasteiger partial charge in [-0.25, -0.2) is 0 Å². The van der Waals surface area contributed by atoms with Crippen LogP contribution < -0.4 is 0 Å². The Morgan fingerprint density at radius 2 is 1.88 bits per heavy atom. The summed E-state index contributed by atoms with van der Waals surface area (Å²) >= 11 is 0. The molecule has 1 aliphatic heterocycles. The topological polar surface area (TPSA) is 62.7 Å². The zero-order valence-electron chi connectivity index (χ0n) is 14.7. The van der Waals surface area contributed by atoms with Crippen molar-refractivity contribution in [2.75, 3.05) is 26.2 Å². The smallest absolute Gasteiger partial charge is 0.276 e. The highest BCUT2D eigenvalue weighted by atomic mass is 16.5. The maximum atomic E-state index is 12.7. The van der Waals surface area contributed by atoms with Crippen molar-refractivity contribution < 1.29 is 13.7 Å². The fourth-order valence-corrected chi connectivity index (χ4v) is 3.12. The number of aromatic nitrogens is 1. The Hall–Kier alpha value is -2.86. The lowest BCUT2D eigenvalue weighted by molar-refractivity contribution is 0.0610. The SMILES string of the molecule is Cc1ccc(-c2cc(C(=O)N3CCN(Cc4ccco4)CC3)no2)cc1. The quantitative estimate of drug-likeness (QED) is 0.722. The lowest BCUT2D eigenvalue weighted by atomic mass is 10.1. The number of rotatable bonds is 4. The zero-order valence-corrected chi connectivity index (χ0v) is 14.7. The van der Waals surface area contributed by atoms with E-state index >= 15 is 0 Å². The second kappa shape index (κ2) is 7.17. The number of hydrogen-bond acceptors (Lipinski definition) is 5. The van der Waals surface area contributed by atoms with Crippen LogP contribution >= 0.6 is 0 Å². The summed E-state index contributed by atoms with van der Waals surface area (Å²) in [4.78, 5) is 16.8. The zero-order chi connectivity index (χ0) is 17.9. The third kappa shape index (κ3) is 3.55. The van der Waals surface area contributed by atoms with Crippen LogP contribution in [-0.4, -0.2) is 47.0 Å². The molecule has 1 aliphatic rings. The Labute approximate surface area is 152 Å². The van der Waals surface area contributed by atoms with Crippen LogP contribution in [0, 0.1) is 6.92 Å². The molecule has 2 aromatic heterocycles. The largest absolute Gasteiger partial charge is 0.468 e. The number of carbonyl (C=O) groups excluding carboxylic acids is 1. The molecule has 0 unspecified atom stereocenters. The van der Waals surface area contributed by atoms with Gasteiger partial charge >= 0.3 is 0 Å². The predicted octanol–water partition coefficient (Wildman–Crippen LogP) is 3.20. The molecule has 1 saturated heterocycles. The fourth-order valence-electron chi connectivity index (χ4n) is 3.12. The molecule has 6 heteroatoms. The first kappa shape index (κ1) is 16.6. The minimum atomic E-state index is -0.0789. The van der Waals surface area contributed by atoms with Crippen LogP contribution in [-0.2, 0) is 6.54 Å². The molecule has 0 spiro atoms. The number of furan rings is 1. The highest BCUT2D eigenvalue weighted by Crippen LogP contribution is 2.21. The number of hydrogen-bond donors (Lipinski definition) is 0. The van der Waals surface area contributed by atoms with Crippen LogP contribution in [0.15, 0.2) is 57.7 Å². The monoisotopic (exact) mass is 351 g/mol. The molecular formula is C20H21N3O3. The minimum absolute atomic E-state index is 0.0789. The molecule has 0 N–H and O–H groups in total. The van der Waals surface area contributed by atoms with Gasteiger partial charge in [0.25, 0.3) is 5.91 Å². The Morgan fingerprint density at radius 1 is 1.12 bits per heavy atom. The van der Waals surface area contributed by atoms with Crippen LogP contribution in [0.25, 0.3) is 11.3 Å². The molecule has 26 heavy (non-hydrogen) atoms. The van der Waals surface area contributed by atoms with E-state index in [0.29, 0.717) is 24.5 Å². The molecule has 0 atom stereocenters. The van der Waals surface area contributed by atoms with Crippen molar-refractivity contribution in [2.24, 2.45) is 0 Å². The molecule has 0 radical (unpaired) electrons. The number of amides is 1. The van der Waals surface area contributed by atoms with E-state index in [0.717, 1.165) is 31.0 Å². The van der Waals surface area contributed by atoms with Gasteiger partial charge in [-0.1, -0.05) is 35.0 Å². The van der Waals surface area contributed by atoms with Gasteiger partial charge in [-0.2, -0.15) is 0 Å². The van der Waals surface area contributed by atoms with E-state index in [4.69, 9.17) is 8.94 Å². The molecule has 1 amide bonds. The second-order valence-corrected chi connectivity index (χ2v) is 6.59. The molecule has 0 aliphatic carbocycles. The van der Waals surface area contributed by atoms with Crippen LogP contribution in [0.1, 0.15) is 21.8 Å². The summed E-state index contributed by atoms with van der Waals surface area (Å²) in [7, 11) is 0. The number of carbonyl (C=O) groups is 1. The third-order valence-electron chi connectivity index (χ3n) is 4.68. The molecular weight excluding hydrogens is 330 g/mol. The van der Waals surface area contributed by atoms with E-state index in [2.05, 4.69) is 10.1 Å². The average Bonchev–Trinajstić information content (AvgIpc) is 3.34. The van der Waals surface area contributed by atoms with Gasteiger partial charge in [-0.3, -0.25) is 9.69 Å². The molecule has 4 rings (SSSR count). The van der Waals surface area contributed by atoms with Crippen molar-refractivity contribution in [1.29, 1.82) is 0 Å². The normalized spacial score (nSPS) is 15.3. The predicted molar refractivity (Wildman–Crippen MR) is 96.6 cm³/mol. The average molecular weight is 351 g/mol. The van der Waals surface area contributed by atoms with E-state index in [1.54, 1.807) is 12.3 Å². The molecule has 1 fully saturated rings. The standard InChI is InChI=1S/C20H21N3O3/c1-15-4-6-16(7-5-15)19-13-18(21-26-19)20(24)23-10-8-22(9-11-23)14-17-3-2-12-25-17/h2-7,12-13H,8-11,14H2,1H3. The van der Waals surface area contributed by atoms with E-state index in [1.165, 1.54) is 5.56 Å². The summed E-state index contributed by atoms with van der Waals surface area (Å²) in [6.45, 7) is 5.78. The summed E-state index contributed by atoms with van der Waals surface area (Å²) < 4.78 is 10.8. The van der Waals surface area contributed by atoms with Gasteiger partial charge < -0.3 is 13.8 Å². The number of piperazine rings is 1. The van der Waals surface area contributed by atoms with Crippen LogP contribution in [0.2, 0.25) is 0 Å². The van der Waals surface area contributed by atoms with Gasteiger partial charge in [0.2, 0.25) is 0 Å². The van der Waals surface area contributed by atoms with E-state index in [-0.39, 0.29) is 5.91 Å². The first-order valence-corrected chi connectivity index (χ1v) is 8.77. The Bertz CT molecular complexity index is 860. The lowest BCUT2D eigenvalue weighted by Crippen LogP contribution is -2.48. The first-order valence-electron chi connectivity index (χ1n) is 8.77. The molecule has 3 aromatic rings. The van der Waals surface area contributed by atoms with Gasteiger partial charge in [0.15, 0.2) is 11.5 Å². The summed E-state index contributed by atoms with van der Waals surface area (Å²) in [6, 6.07) is 13.6. The van der Waals surface area contributed by atoms with Crippen LogP contribution in [0.5, 0.6) is 0 Å². The van der Waals surface area contributed by atoms with Crippen molar-refractivity contribution in [2.45, 2.75) is 13.5 Å². The van der Waals surface area contributed by atoms with Crippen molar-refractivity contribution in [1.82, 2.24) is 15.0 Å². The summed E-state index contributed by atoms with van der Waals surface area (Å²) in [6.07, 6.45) is 1.69. The Kier molecular flexibility index (Phi) is 4.58. The lowest BCUT2D eigenvalue weighted by Gasteiger charge is -2.33. The van der Waals surface area contributed by atoms with E-state index in [9.17, 15) is 4.79 Å². The Balaban J connectivity index is 1.37. The molecule has 6 nitrogen and oxygen atoms in total. The van der Waals surface area contributed by atoms with Gasteiger partial charge in [-0.15, -0.1) is 0 Å². The highest BCUT2D eigenvalue weighted by Gasteiger charge is 2.25. The third-order valence-corrected chi connectivity index (χ3v) is 4.68. The number of benzene rings is 1. The fraction of sp³-hybridized carbons (Fsp3) is 0.300. The second-order valence-electron chi connectivity index (χ2n) is 6.59. The maximum Gasteiger partial charge on any atom is 0.276 e. The molecule has 1 aromatic carbocycles. The summed E-state index contributed by atoms with van der Waals surface area (Å²) in [5, 5.41) is 3.98. The molecule has 0 saturated carbocycles. The molecule has 3 heterocycles. The minimum Gasteiger partial charge on any atom is -0.468 e. The van der Waals surface area contributed by atoms with Crippen molar-refractivity contribution in [3.05, 3.63) is 65.7 Å². The summed E-state index contributed by atoms with van der Waals surface area (Å²) in [5.41, 5.74) is 2.46. The van der Waals surface area contributed by atoms with Gasteiger partial charge in [0.05, 0.1) is 12.8 Å². The van der Waals surface area contributed by atoms with Crippen LogP contribution in [0.4, 0.5) is 0 Å². The van der Waals surface area contributed by atoms with E-state index in [1.807, 2.05) is 48.2 Å². The maximum absolute atomic E-state index is 12.7. The van der Waals surface area contributed by atoms with Crippen molar-refractivity contribution >= 4 is 5.91 Å². The van der Waals surface area contributed by atoms with Crippen molar-refractivity contribution in [3.8, 4) is 11.3 Å². The summed E-state index contributed by atoms with van der Waals surface area (Å²) in [5.74, 6) is 1.48.